The SMILES string of the molecule is CC(CC1CCC1)N1CCNCC1C(=O)O. The van der Waals surface area contributed by atoms with E-state index in [0.717, 1.165) is 19.0 Å². The standard InChI is InChI=1S/C12H22N2O2/c1-9(7-10-3-2-4-10)14-6-5-13-8-11(14)12(15)16/h9-11,13H,2-8H2,1H3,(H,15,16). The Hall–Kier alpha value is -0.610. The molecule has 1 heterocycles. The van der Waals surface area contributed by atoms with Gasteiger partial charge in [-0.05, 0) is 19.3 Å². The molecule has 1 aliphatic heterocycles. The van der Waals surface area contributed by atoms with E-state index in [1.54, 1.807) is 0 Å². The van der Waals surface area contributed by atoms with Crippen LogP contribution >= 0.6 is 0 Å². The van der Waals surface area contributed by atoms with Gasteiger partial charge in [-0.3, -0.25) is 9.69 Å². The Kier molecular flexibility index (Phi) is 3.82. The van der Waals surface area contributed by atoms with Crippen LogP contribution in [0, 0.1) is 5.92 Å². The van der Waals surface area contributed by atoms with Crippen molar-refractivity contribution in [2.24, 2.45) is 5.92 Å². The minimum Gasteiger partial charge on any atom is -0.480 e. The van der Waals surface area contributed by atoms with Crippen molar-refractivity contribution in [2.45, 2.75) is 44.7 Å². The number of nitrogens with zero attached hydrogens (tertiary/aromatic N) is 1. The molecule has 0 radical (unpaired) electrons. The van der Waals surface area contributed by atoms with Crippen molar-refractivity contribution < 1.29 is 9.90 Å². The molecule has 2 rings (SSSR count). The predicted octanol–water partition coefficient (Wildman–Crippen LogP) is 0.923. The van der Waals surface area contributed by atoms with Gasteiger partial charge in [0.2, 0.25) is 0 Å². The Morgan fingerprint density at radius 1 is 1.56 bits per heavy atom. The first-order valence-electron chi connectivity index (χ1n) is 6.37. The van der Waals surface area contributed by atoms with Crippen LogP contribution in [-0.2, 0) is 4.79 Å². The molecule has 2 aliphatic rings. The fourth-order valence-electron chi connectivity index (χ4n) is 2.82. The van der Waals surface area contributed by atoms with E-state index in [4.69, 9.17) is 0 Å². The molecule has 2 atom stereocenters. The molecule has 1 saturated carbocycles. The van der Waals surface area contributed by atoms with Gasteiger partial charge in [0.25, 0.3) is 0 Å². The lowest BCUT2D eigenvalue weighted by Gasteiger charge is -2.40. The molecular formula is C12H22N2O2. The Morgan fingerprint density at radius 2 is 2.31 bits per heavy atom. The molecule has 4 heteroatoms. The fraction of sp³-hybridized carbons (Fsp3) is 0.917. The number of aliphatic carboxylic acids is 1. The van der Waals surface area contributed by atoms with Gasteiger partial charge < -0.3 is 10.4 Å². The van der Waals surface area contributed by atoms with Gasteiger partial charge in [0.05, 0.1) is 0 Å². The number of carboxylic acid groups (broad SMARTS) is 1. The first-order chi connectivity index (χ1) is 7.68. The topological polar surface area (TPSA) is 52.6 Å². The number of nitrogens with one attached hydrogen (secondary N) is 1. The predicted molar refractivity (Wildman–Crippen MR) is 62.4 cm³/mol. The highest BCUT2D eigenvalue weighted by molar-refractivity contribution is 5.74. The van der Waals surface area contributed by atoms with Crippen molar-refractivity contribution in [1.29, 1.82) is 0 Å². The number of hydrogen-bond acceptors (Lipinski definition) is 3. The van der Waals surface area contributed by atoms with Gasteiger partial charge in [-0.15, -0.1) is 0 Å². The van der Waals surface area contributed by atoms with Gasteiger partial charge in [0.15, 0.2) is 0 Å². The molecule has 2 fully saturated rings. The molecule has 0 amide bonds. The van der Waals surface area contributed by atoms with E-state index in [0.29, 0.717) is 12.6 Å². The van der Waals surface area contributed by atoms with Gasteiger partial charge >= 0.3 is 5.97 Å². The minimum absolute atomic E-state index is 0.330. The summed E-state index contributed by atoms with van der Waals surface area (Å²) in [5.41, 5.74) is 0. The largest absolute Gasteiger partial charge is 0.480 e. The molecule has 0 bridgehead atoms. The van der Waals surface area contributed by atoms with Gasteiger partial charge in [0, 0.05) is 25.7 Å². The zero-order valence-corrected chi connectivity index (χ0v) is 9.98. The highest BCUT2D eigenvalue weighted by Crippen LogP contribution is 2.32. The summed E-state index contributed by atoms with van der Waals surface area (Å²) in [6.07, 6.45) is 5.22. The average Bonchev–Trinajstić information content (AvgIpc) is 2.23. The number of hydrogen-bond donors (Lipinski definition) is 2. The molecule has 92 valence electrons. The molecule has 2 N–H and O–H groups in total. The molecular weight excluding hydrogens is 204 g/mol. The monoisotopic (exact) mass is 226 g/mol. The summed E-state index contributed by atoms with van der Waals surface area (Å²) in [6, 6.07) is 0.0809. The van der Waals surface area contributed by atoms with Crippen molar-refractivity contribution in [3.63, 3.8) is 0 Å². The number of carbonyl (C=O) groups is 1. The molecule has 0 aromatic rings. The summed E-state index contributed by atoms with van der Waals surface area (Å²) in [5.74, 6) is 0.159. The van der Waals surface area contributed by atoms with Crippen LogP contribution in [0.3, 0.4) is 0 Å². The summed E-state index contributed by atoms with van der Waals surface area (Å²) < 4.78 is 0. The Balaban J connectivity index is 1.90. The maximum absolute atomic E-state index is 11.2. The first kappa shape index (κ1) is 11.9. The third-order valence-corrected chi connectivity index (χ3v) is 4.04. The zero-order valence-electron chi connectivity index (χ0n) is 9.98. The summed E-state index contributed by atoms with van der Waals surface area (Å²) in [5, 5.41) is 12.3. The van der Waals surface area contributed by atoms with Crippen LogP contribution in [0.15, 0.2) is 0 Å². The van der Waals surface area contributed by atoms with Crippen molar-refractivity contribution in [3.05, 3.63) is 0 Å². The Morgan fingerprint density at radius 3 is 2.88 bits per heavy atom. The van der Waals surface area contributed by atoms with E-state index < -0.39 is 5.97 Å². The Labute approximate surface area is 97.0 Å². The highest BCUT2D eigenvalue weighted by Gasteiger charge is 2.33. The molecule has 16 heavy (non-hydrogen) atoms. The first-order valence-corrected chi connectivity index (χ1v) is 6.37. The van der Waals surface area contributed by atoms with Gasteiger partial charge in [-0.1, -0.05) is 19.3 Å². The lowest BCUT2D eigenvalue weighted by molar-refractivity contribution is -0.145. The van der Waals surface area contributed by atoms with Gasteiger partial charge in [0.1, 0.15) is 6.04 Å². The molecule has 0 aromatic carbocycles. The quantitative estimate of drug-likeness (QED) is 0.748. The van der Waals surface area contributed by atoms with E-state index in [9.17, 15) is 9.90 Å². The normalized spacial score (nSPS) is 29.7. The third kappa shape index (κ3) is 2.55. The van der Waals surface area contributed by atoms with Crippen molar-refractivity contribution in [3.8, 4) is 0 Å². The van der Waals surface area contributed by atoms with Gasteiger partial charge in [-0.2, -0.15) is 0 Å². The molecule has 0 spiro atoms. The highest BCUT2D eigenvalue weighted by atomic mass is 16.4. The van der Waals surface area contributed by atoms with Crippen LogP contribution in [0.4, 0.5) is 0 Å². The third-order valence-electron chi connectivity index (χ3n) is 4.04. The second-order valence-corrected chi connectivity index (χ2v) is 5.18. The fourth-order valence-corrected chi connectivity index (χ4v) is 2.82. The van der Waals surface area contributed by atoms with Crippen LogP contribution < -0.4 is 5.32 Å². The zero-order chi connectivity index (χ0) is 11.5. The summed E-state index contributed by atoms with van der Waals surface area (Å²) in [4.78, 5) is 13.3. The Bertz CT molecular complexity index is 253. The van der Waals surface area contributed by atoms with Crippen molar-refractivity contribution in [2.75, 3.05) is 19.6 Å². The summed E-state index contributed by atoms with van der Waals surface area (Å²) in [7, 11) is 0. The molecule has 1 aliphatic carbocycles. The second-order valence-electron chi connectivity index (χ2n) is 5.18. The van der Waals surface area contributed by atoms with Crippen molar-refractivity contribution >= 4 is 5.97 Å². The number of carboxylic acids is 1. The number of rotatable bonds is 4. The van der Waals surface area contributed by atoms with E-state index in [2.05, 4.69) is 17.1 Å². The van der Waals surface area contributed by atoms with E-state index >= 15 is 0 Å². The van der Waals surface area contributed by atoms with E-state index in [1.807, 2.05) is 0 Å². The van der Waals surface area contributed by atoms with Crippen LogP contribution in [0.25, 0.3) is 0 Å². The molecule has 0 aromatic heterocycles. The minimum atomic E-state index is -0.687. The summed E-state index contributed by atoms with van der Waals surface area (Å²) >= 11 is 0. The van der Waals surface area contributed by atoms with Crippen LogP contribution in [0.1, 0.15) is 32.6 Å². The number of piperazine rings is 1. The van der Waals surface area contributed by atoms with Crippen molar-refractivity contribution in [1.82, 2.24) is 10.2 Å². The van der Waals surface area contributed by atoms with Crippen LogP contribution in [0.2, 0.25) is 0 Å². The van der Waals surface area contributed by atoms with Crippen LogP contribution in [0.5, 0.6) is 0 Å². The lowest BCUT2D eigenvalue weighted by atomic mass is 9.80. The smallest absolute Gasteiger partial charge is 0.322 e. The molecule has 4 nitrogen and oxygen atoms in total. The van der Waals surface area contributed by atoms with Gasteiger partial charge in [-0.25, -0.2) is 0 Å². The summed E-state index contributed by atoms with van der Waals surface area (Å²) in [6.45, 7) is 4.55. The second kappa shape index (κ2) is 5.15. The maximum atomic E-state index is 11.2. The van der Waals surface area contributed by atoms with E-state index in [1.165, 1.54) is 25.7 Å². The van der Waals surface area contributed by atoms with E-state index in [-0.39, 0.29) is 6.04 Å². The molecule has 2 unspecified atom stereocenters. The molecule has 1 saturated heterocycles. The average molecular weight is 226 g/mol. The lowest BCUT2D eigenvalue weighted by Crippen LogP contribution is -2.58. The maximum Gasteiger partial charge on any atom is 0.322 e. The van der Waals surface area contributed by atoms with Crippen LogP contribution in [-0.4, -0.2) is 47.7 Å².